The van der Waals surface area contributed by atoms with Gasteiger partial charge < -0.3 is 20.1 Å². The molecule has 1 aliphatic heterocycles. The van der Waals surface area contributed by atoms with Crippen molar-refractivity contribution in [3.8, 4) is 0 Å². The van der Waals surface area contributed by atoms with Crippen LogP contribution in [0.25, 0.3) is 0 Å². The smallest absolute Gasteiger partial charge is 0.0900 e. The van der Waals surface area contributed by atoms with Gasteiger partial charge in [-0.3, -0.25) is 0 Å². The van der Waals surface area contributed by atoms with E-state index in [1.165, 1.54) is 12.8 Å². The van der Waals surface area contributed by atoms with Gasteiger partial charge in [0.25, 0.3) is 0 Å². The number of piperidine rings is 1. The minimum absolute atomic E-state index is 0.337. The van der Waals surface area contributed by atoms with E-state index in [4.69, 9.17) is 4.74 Å². The van der Waals surface area contributed by atoms with Crippen LogP contribution in [0, 0.1) is 0 Å². The Hall–Kier alpha value is -0.160. The molecule has 0 aliphatic carbocycles. The van der Waals surface area contributed by atoms with Crippen molar-refractivity contribution in [3.05, 3.63) is 0 Å². The van der Waals surface area contributed by atoms with Crippen LogP contribution in [-0.2, 0) is 4.74 Å². The highest BCUT2D eigenvalue weighted by atomic mass is 16.5. The number of aliphatic hydroxyl groups is 1. The highest BCUT2D eigenvalue weighted by Crippen LogP contribution is 2.10. The van der Waals surface area contributed by atoms with Gasteiger partial charge >= 0.3 is 0 Å². The average molecular weight is 216 g/mol. The van der Waals surface area contributed by atoms with Gasteiger partial charge in [0, 0.05) is 19.2 Å². The van der Waals surface area contributed by atoms with Gasteiger partial charge in [-0.05, 0) is 39.9 Å². The molecule has 90 valence electrons. The van der Waals surface area contributed by atoms with Crippen LogP contribution in [0.2, 0.25) is 0 Å². The van der Waals surface area contributed by atoms with Crippen molar-refractivity contribution >= 4 is 0 Å². The van der Waals surface area contributed by atoms with E-state index in [0.717, 1.165) is 19.6 Å². The number of likely N-dealkylation sites (tertiary alicyclic amines) is 1. The largest absolute Gasteiger partial charge is 0.389 e. The molecule has 1 unspecified atom stereocenters. The first-order valence-electron chi connectivity index (χ1n) is 5.91. The summed E-state index contributed by atoms with van der Waals surface area (Å²) in [7, 11) is 2.02. The van der Waals surface area contributed by atoms with E-state index in [1.807, 2.05) is 14.0 Å². The second kappa shape index (κ2) is 7.17. The Morgan fingerprint density at radius 3 is 2.67 bits per heavy atom. The fourth-order valence-corrected chi connectivity index (χ4v) is 2.01. The van der Waals surface area contributed by atoms with Crippen LogP contribution in [-0.4, -0.2) is 62.0 Å². The Morgan fingerprint density at radius 2 is 2.13 bits per heavy atom. The maximum absolute atomic E-state index is 9.67. The standard InChI is InChI=1S/C11H24N2O2/c1-3-15-9-11(14)8-13-6-4-10(12-2)5-7-13/h10-12,14H,3-9H2,1-2H3. The van der Waals surface area contributed by atoms with Gasteiger partial charge in [-0.25, -0.2) is 0 Å². The number of nitrogens with zero attached hydrogens (tertiary/aromatic N) is 1. The molecule has 1 atom stereocenters. The molecule has 4 heteroatoms. The van der Waals surface area contributed by atoms with Gasteiger partial charge in [0.1, 0.15) is 0 Å². The van der Waals surface area contributed by atoms with E-state index in [2.05, 4.69) is 10.2 Å². The van der Waals surface area contributed by atoms with Gasteiger partial charge in [0.15, 0.2) is 0 Å². The predicted molar refractivity (Wildman–Crippen MR) is 61.0 cm³/mol. The zero-order chi connectivity index (χ0) is 11.1. The minimum Gasteiger partial charge on any atom is -0.389 e. The molecule has 1 fully saturated rings. The fourth-order valence-electron chi connectivity index (χ4n) is 2.01. The molecule has 0 aromatic rings. The third-order valence-electron chi connectivity index (χ3n) is 2.98. The molecule has 0 aromatic carbocycles. The number of hydrogen-bond donors (Lipinski definition) is 2. The lowest BCUT2D eigenvalue weighted by atomic mass is 10.1. The molecule has 2 N–H and O–H groups in total. The zero-order valence-corrected chi connectivity index (χ0v) is 9.91. The quantitative estimate of drug-likeness (QED) is 0.659. The third-order valence-corrected chi connectivity index (χ3v) is 2.98. The van der Waals surface area contributed by atoms with Gasteiger partial charge in [0.05, 0.1) is 12.7 Å². The molecule has 1 saturated heterocycles. The van der Waals surface area contributed by atoms with E-state index in [1.54, 1.807) is 0 Å². The van der Waals surface area contributed by atoms with Crippen molar-refractivity contribution in [1.82, 2.24) is 10.2 Å². The highest BCUT2D eigenvalue weighted by Gasteiger charge is 2.19. The molecule has 0 spiro atoms. The SMILES string of the molecule is CCOCC(O)CN1CCC(NC)CC1. The number of aliphatic hydroxyl groups excluding tert-OH is 1. The second-order valence-electron chi connectivity index (χ2n) is 4.18. The van der Waals surface area contributed by atoms with Crippen LogP contribution in [0.4, 0.5) is 0 Å². The maximum Gasteiger partial charge on any atom is 0.0900 e. The van der Waals surface area contributed by atoms with E-state index >= 15 is 0 Å². The summed E-state index contributed by atoms with van der Waals surface area (Å²) in [5, 5.41) is 13.0. The van der Waals surface area contributed by atoms with Crippen molar-refractivity contribution in [2.75, 3.05) is 39.9 Å². The van der Waals surface area contributed by atoms with Crippen molar-refractivity contribution in [3.63, 3.8) is 0 Å². The number of β-amino-alcohol motifs (C(OH)–C–C–N with tert-alkyl or cyclic N) is 1. The Bertz CT molecular complexity index is 159. The van der Waals surface area contributed by atoms with Crippen LogP contribution in [0.1, 0.15) is 19.8 Å². The van der Waals surface area contributed by atoms with Gasteiger partial charge in [0.2, 0.25) is 0 Å². The van der Waals surface area contributed by atoms with Crippen LogP contribution in [0.3, 0.4) is 0 Å². The molecule has 0 amide bonds. The molecule has 0 aromatic heterocycles. The number of nitrogens with one attached hydrogen (secondary N) is 1. The summed E-state index contributed by atoms with van der Waals surface area (Å²) in [4.78, 5) is 2.32. The van der Waals surface area contributed by atoms with E-state index in [0.29, 0.717) is 19.3 Å². The summed E-state index contributed by atoms with van der Waals surface area (Å²) in [5.74, 6) is 0. The lowest BCUT2D eigenvalue weighted by molar-refractivity contribution is 0.0163. The summed E-state index contributed by atoms with van der Waals surface area (Å²) >= 11 is 0. The molecule has 4 nitrogen and oxygen atoms in total. The molecule has 0 radical (unpaired) electrons. The minimum atomic E-state index is -0.337. The highest BCUT2D eigenvalue weighted by molar-refractivity contribution is 4.77. The summed E-state index contributed by atoms with van der Waals surface area (Å²) in [6.07, 6.45) is 2.02. The molecule has 1 rings (SSSR count). The number of ether oxygens (including phenoxy) is 1. The Balaban J connectivity index is 2.12. The predicted octanol–water partition coefficient (Wildman–Crippen LogP) is 0.0676. The van der Waals surface area contributed by atoms with Crippen molar-refractivity contribution in [1.29, 1.82) is 0 Å². The number of rotatable bonds is 6. The molecular weight excluding hydrogens is 192 g/mol. The lowest BCUT2D eigenvalue weighted by Gasteiger charge is -2.32. The summed E-state index contributed by atoms with van der Waals surface area (Å²) in [5.41, 5.74) is 0. The second-order valence-corrected chi connectivity index (χ2v) is 4.18. The van der Waals surface area contributed by atoms with Crippen LogP contribution < -0.4 is 5.32 Å². The molecule has 0 saturated carbocycles. The molecular formula is C11H24N2O2. The zero-order valence-electron chi connectivity index (χ0n) is 9.91. The van der Waals surface area contributed by atoms with Crippen molar-refractivity contribution in [2.45, 2.75) is 31.9 Å². The normalized spacial score (nSPS) is 21.8. The third kappa shape index (κ3) is 4.93. The van der Waals surface area contributed by atoms with Gasteiger partial charge in [-0.15, -0.1) is 0 Å². The van der Waals surface area contributed by atoms with Crippen molar-refractivity contribution < 1.29 is 9.84 Å². The number of hydrogen-bond acceptors (Lipinski definition) is 4. The molecule has 1 aliphatic rings. The van der Waals surface area contributed by atoms with Crippen LogP contribution in [0.15, 0.2) is 0 Å². The van der Waals surface area contributed by atoms with E-state index in [9.17, 15) is 5.11 Å². The molecule has 15 heavy (non-hydrogen) atoms. The summed E-state index contributed by atoms with van der Waals surface area (Å²) in [6, 6.07) is 0.658. The Morgan fingerprint density at radius 1 is 1.47 bits per heavy atom. The fraction of sp³-hybridized carbons (Fsp3) is 1.00. The van der Waals surface area contributed by atoms with E-state index in [-0.39, 0.29) is 6.10 Å². The van der Waals surface area contributed by atoms with Gasteiger partial charge in [-0.1, -0.05) is 0 Å². The first-order valence-corrected chi connectivity index (χ1v) is 5.91. The van der Waals surface area contributed by atoms with Gasteiger partial charge in [-0.2, -0.15) is 0 Å². The van der Waals surface area contributed by atoms with Crippen LogP contribution >= 0.6 is 0 Å². The molecule has 0 bridgehead atoms. The maximum atomic E-state index is 9.67. The summed E-state index contributed by atoms with van der Waals surface area (Å²) < 4.78 is 5.19. The summed E-state index contributed by atoms with van der Waals surface area (Å²) in [6.45, 7) is 5.99. The monoisotopic (exact) mass is 216 g/mol. The first-order chi connectivity index (χ1) is 7.26. The first kappa shape index (κ1) is 12.9. The molecule has 1 heterocycles. The van der Waals surface area contributed by atoms with Crippen molar-refractivity contribution in [2.24, 2.45) is 0 Å². The van der Waals surface area contributed by atoms with Crippen LogP contribution in [0.5, 0.6) is 0 Å². The lowest BCUT2D eigenvalue weighted by Crippen LogP contribution is -2.44. The Labute approximate surface area is 92.6 Å². The Kier molecular flexibility index (Phi) is 6.17. The average Bonchev–Trinajstić information content (AvgIpc) is 2.27. The topological polar surface area (TPSA) is 44.7 Å². The van der Waals surface area contributed by atoms with E-state index < -0.39 is 0 Å².